The second-order valence-corrected chi connectivity index (χ2v) is 5.85. The maximum atomic E-state index is 13.8. The molecule has 2 aromatic heterocycles. The Morgan fingerprint density at radius 3 is 2.72 bits per heavy atom. The smallest absolute Gasteiger partial charge is 0.319 e. The summed E-state index contributed by atoms with van der Waals surface area (Å²) in [5, 5.41) is 9.22. The van der Waals surface area contributed by atoms with Crippen LogP contribution in [0.2, 0.25) is 0 Å². The molecule has 0 fully saturated rings. The van der Waals surface area contributed by atoms with Gasteiger partial charge < -0.3 is 10.6 Å². The van der Waals surface area contributed by atoms with Crippen molar-refractivity contribution >= 4 is 27.6 Å². The fourth-order valence-electron chi connectivity index (χ4n) is 2.13. The summed E-state index contributed by atoms with van der Waals surface area (Å²) in [6, 6.07) is 5.01. The van der Waals surface area contributed by atoms with E-state index in [2.05, 4.69) is 46.6 Å². The van der Waals surface area contributed by atoms with E-state index in [0.717, 1.165) is 0 Å². The van der Waals surface area contributed by atoms with Crippen molar-refractivity contribution in [3.63, 3.8) is 0 Å². The number of nitrogens with one attached hydrogen (secondary N) is 2. The largest absolute Gasteiger partial charge is 0.328 e. The van der Waals surface area contributed by atoms with Gasteiger partial charge in [-0.1, -0.05) is 6.07 Å². The van der Waals surface area contributed by atoms with Crippen LogP contribution in [0, 0.1) is 5.82 Å². The van der Waals surface area contributed by atoms with E-state index in [9.17, 15) is 9.18 Å². The molecule has 1 atom stereocenters. The van der Waals surface area contributed by atoms with Gasteiger partial charge in [0.15, 0.2) is 5.82 Å². The van der Waals surface area contributed by atoms with Gasteiger partial charge in [0.2, 0.25) is 0 Å². The summed E-state index contributed by atoms with van der Waals surface area (Å²) in [4.78, 5) is 24.5. The lowest BCUT2D eigenvalue weighted by Gasteiger charge is -2.15. The van der Waals surface area contributed by atoms with Gasteiger partial charge in [0, 0.05) is 16.9 Å². The van der Waals surface area contributed by atoms with Crippen LogP contribution in [0.15, 0.2) is 47.5 Å². The van der Waals surface area contributed by atoms with Gasteiger partial charge in [-0.05, 0) is 41.1 Å². The number of hydrogen-bond acceptors (Lipinski definition) is 5. The number of aromatic nitrogens is 5. The fourth-order valence-corrected chi connectivity index (χ4v) is 2.57. The van der Waals surface area contributed by atoms with E-state index < -0.39 is 17.9 Å². The molecule has 2 heterocycles. The number of halogens is 2. The van der Waals surface area contributed by atoms with E-state index >= 15 is 0 Å². The van der Waals surface area contributed by atoms with Crippen molar-refractivity contribution in [3.05, 3.63) is 59.1 Å². The first-order chi connectivity index (χ1) is 12.1. The van der Waals surface area contributed by atoms with Gasteiger partial charge >= 0.3 is 6.03 Å². The number of amides is 2. The molecular weight excluding hydrogens is 393 g/mol. The Kier molecular flexibility index (Phi) is 4.98. The van der Waals surface area contributed by atoms with Crippen LogP contribution in [-0.4, -0.2) is 30.8 Å². The highest BCUT2D eigenvalue weighted by Crippen LogP contribution is 2.25. The Balaban J connectivity index is 1.74. The predicted molar refractivity (Wildman–Crippen MR) is 91.6 cm³/mol. The van der Waals surface area contributed by atoms with E-state index in [1.54, 1.807) is 31.5 Å². The number of hydrogen-bond donors (Lipinski definition) is 2. The second-order valence-electron chi connectivity index (χ2n) is 5.00. The minimum Gasteiger partial charge on any atom is -0.328 e. The lowest BCUT2D eigenvalue weighted by molar-refractivity contribution is 0.248. The minimum atomic E-state index is -0.582. The first-order valence-corrected chi connectivity index (χ1v) is 8.04. The third-order valence-corrected chi connectivity index (χ3v) is 3.91. The summed E-state index contributed by atoms with van der Waals surface area (Å²) >= 11 is 3.20. The van der Waals surface area contributed by atoms with Crippen LogP contribution in [0.3, 0.4) is 0 Å². The number of rotatable bonds is 4. The summed E-state index contributed by atoms with van der Waals surface area (Å²) in [6.45, 7) is 1.72. The van der Waals surface area contributed by atoms with Crippen molar-refractivity contribution < 1.29 is 9.18 Å². The first kappa shape index (κ1) is 17.0. The predicted octanol–water partition coefficient (Wildman–Crippen LogP) is 2.84. The molecule has 2 N–H and O–H groups in total. The molecule has 10 heteroatoms. The highest BCUT2D eigenvalue weighted by Gasteiger charge is 2.19. The zero-order valence-corrected chi connectivity index (χ0v) is 14.6. The molecule has 0 aliphatic rings. The molecule has 1 aromatic carbocycles. The van der Waals surface area contributed by atoms with E-state index in [4.69, 9.17) is 0 Å². The van der Waals surface area contributed by atoms with E-state index in [1.807, 2.05) is 0 Å². The van der Waals surface area contributed by atoms with Gasteiger partial charge in [-0.2, -0.15) is 9.78 Å². The van der Waals surface area contributed by atoms with Crippen molar-refractivity contribution in [2.24, 2.45) is 0 Å². The van der Waals surface area contributed by atoms with E-state index in [0.29, 0.717) is 16.2 Å². The molecule has 3 rings (SSSR count). The quantitative estimate of drug-likeness (QED) is 0.695. The third kappa shape index (κ3) is 3.79. The molecule has 8 nitrogen and oxygen atoms in total. The number of nitrogens with zero attached hydrogens (tertiary/aromatic N) is 5. The lowest BCUT2D eigenvalue weighted by atomic mass is 10.3. The van der Waals surface area contributed by atoms with E-state index in [-0.39, 0.29) is 5.69 Å². The average molecular weight is 406 g/mol. The molecule has 0 radical (unpaired) electrons. The number of para-hydroxylation sites is 1. The maximum Gasteiger partial charge on any atom is 0.319 e. The Hall–Kier alpha value is -2.88. The normalized spacial score (nSPS) is 11.8. The Labute approximate surface area is 150 Å². The van der Waals surface area contributed by atoms with Crippen molar-refractivity contribution in [3.8, 4) is 5.95 Å². The number of carbonyl (C=O) groups is 1. The topological polar surface area (TPSA) is 97.6 Å². The molecule has 3 aromatic rings. The van der Waals surface area contributed by atoms with Gasteiger partial charge in [0.25, 0.3) is 5.95 Å². The molecule has 25 heavy (non-hydrogen) atoms. The van der Waals surface area contributed by atoms with Crippen LogP contribution in [0.25, 0.3) is 5.95 Å². The zero-order valence-electron chi connectivity index (χ0n) is 13.0. The summed E-state index contributed by atoms with van der Waals surface area (Å²) in [7, 11) is 0. The molecular formula is C15H13BrFN7O. The second kappa shape index (κ2) is 7.34. The lowest BCUT2D eigenvalue weighted by Crippen LogP contribution is -2.33. The van der Waals surface area contributed by atoms with Crippen molar-refractivity contribution in [2.75, 3.05) is 5.32 Å². The number of benzene rings is 1. The van der Waals surface area contributed by atoms with Crippen LogP contribution in [0.1, 0.15) is 18.8 Å². The summed E-state index contributed by atoms with van der Waals surface area (Å²) < 4.78 is 15.7. The summed E-state index contributed by atoms with van der Waals surface area (Å²) in [5.74, 6) is 0.230. The molecule has 0 bridgehead atoms. The van der Waals surface area contributed by atoms with Gasteiger partial charge in [-0.25, -0.2) is 24.1 Å². The molecule has 0 saturated heterocycles. The monoisotopic (exact) mass is 405 g/mol. The SMILES string of the molecule is C[C@H](NC(=O)Nc1c(F)cccc1Br)c1ncnn1-c1ncccn1. The van der Waals surface area contributed by atoms with Crippen LogP contribution in [0.4, 0.5) is 14.9 Å². The number of carbonyl (C=O) groups excluding carboxylic acids is 1. The Morgan fingerprint density at radius 2 is 2.00 bits per heavy atom. The standard InChI is InChI=1S/C15H13BrFN7O/c1-9(13-20-8-21-24(13)14-18-6-3-7-19-14)22-15(25)23-12-10(16)4-2-5-11(12)17/h2-9H,1H3,(H2,22,23,25)/t9-/m0/s1. The molecule has 2 amide bonds. The molecule has 128 valence electrons. The molecule has 0 aliphatic carbocycles. The van der Waals surface area contributed by atoms with Gasteiger partial charge in [-0.3, -0.25) is 0 Å². The Bertz CT molecular complexity index is 866. The minimum absolute atomic E-state index is 0.0556. The average Bonchev–Trinajstić information content (AvgIpc) is 3.09. The van der Waals surface area contributed by atoms with Crippen LogP contribution < -0.4 is 10.6 Å². The fraction of sp³-hybridized carbons (Fsp3) is 0.133. The highest BCUT2D eigenvalue weighted by molar-refractivity contribution is 9.10. The van der Waals surface area contributed by atoms with Crippen molar-refractivity contribution in [1.82, 2.24) is 30.0 Å². The highest BCUT2D eigenvalue weighted by atomic mass is 79.9. The molecule has 0 spiro atoms. The van der Waals surface area contributed by atoms with Gasteiger partial charge in [0.05, 0.1) is 11.7 Å². The third-order valence-electron chi connectivity index (χ3n) is 3.25. The van der Waals surface area contributed by atoms with E-state index in [1.165, 1.54) is 23.1 Å². The van der Waals surface area contributed by atoms with Gasteiger partial charge in [-0.15, -0.1) is 0 Å². The van der Waals surface area contributed by atoms with Gasteiger partial charge in [0.1, 0.15) is 12.1 Å². The van der Waals surface area contributed by atoms with Crippen LogP contribution in [-0.2, 0) is 0 Å². The first-order valence-electron chi connectivity index (χ1n) is 7.25. The summed E-state index contributed by atoms with van der Waals surface area (Å²) in [5.41, 5.74) is 0.0556. The number of urea groups is 1. The molecule has 0 saturated carbocycles. The van der Waals surface area contributed by atoms with Crippen LogP contribution in [0.5, 0.6) is 0 Å². The molecule has 0 aliphatic heterocycles. The zero-order chi connectivity index (χ0) is 17.8. The number of anilines is 1. The van der Waals surface area contributed by atoms with Crippen molar-refractivity contribution in [2.45, 2.75) is 13.0 Å². The summed E-state index contributed by atoms with van der Waals surface area (Å²) in [6.07, 6.45) is 4.50. The van der Waals surface area contributed by atoms with Crippen LogP contribution >= 0.6 is 15.9 Å². The van der Waals surface area contributed by atoms with Crippen molar-refractivity contribution in [1.29, 1.82) is 0 Å². The molecule has 0 unspecified atom stereocenters. The Morgan fingerprint density at radius 1 is 1.24 bits per heavy atom. The maximum absolute atomic E-state index is 13.8.